The van der Waals surface area contributed by atoms with Crippen LogP contribution < -0.4 is 44.3 Å². The number of aryl methyl sites for hydroxylation is 7. The molecule has 0 saturated heterocycles. The molecule has 3 aromatic heterocycles. The molecule has 6 aromatic rings. The van der Waals surface area contributed by atoms with Crippen molar-refractivity contribution in [2.24, 2.45) is 5.92 Å². The summed E-state index contributed by atoms with van der Waals surface area (Å²) in [6.45, 7) is 8.36. The van der Waals surface area contributed by atoms with Gasteiger partial charge in [-0.1, -0.05) is 18.2 Å². The molecule has 3 aliphatic heterocycles. The third kappa shape index (κ3) is 12.3. The van der Waals surface area contributed by atoms with Crippen LogP contribution in [0.4, 0.5) is 31.4 Å². The molecule has 16 rings (SSSR count). The highest BCUT2D eigenvalue weighted by Crippen LogP contribution is 2.43. The summed E-state index contributed by atoms with van der Waals surface area (Å²) in [5, 5.41) is 20.9. The van der Waals surface area contributed by atoms with Crippen LogP contribution in [0.1, 0.15) is 181 Å². The zero-order valence-electron chi connectivity index (χ0n) is 53.1. The second kappa shape index (κ2) is 25.2. The number of carbonyl (C=O) groups is 3. The average molecular weight is 1330 g/mol. The lowest BCUT2D eigenvalue weighted by molar-refractivity contribution is 0.255. The van der Waals surface area contributed by atoms with Crippen molar-refractivity contribution in [2.75, 3.05) is 35.8 Å². The number of benzene rings is 3. The number of sulfonamides is 3. The van der Waals surface area contributed by atoms with Gasteiger partial charge in [0.1, 0.15) is 0 Å². The zero-order chi connectivity index (χ0) is 64.5. The van der Waals surface area contributed by atoms with Crippen molar-refractivity contribution in [1.82, 2.24) is 43.5 Å². The Kier molecular flexibility index (Phi) is 17.0. The number of nitrogens with one attached hydrogen (secondary N) is 6. The van der Waals surface area contributed by atoms with Crippen molar-refractivity contribution < 1.29 is 53.8 Å². The Morgan fingerprint density at radius 2 is 0.753 bits per heavy atom. The van der Waals surface area contributed by atoms with E-state index in [1.165, 1.54) is 33.4 Å². The smallest absolute Gasteiger partial charge is 0.333 e. The van der Waals surface area contributed by atoms with Gasteiger partial charge in [0.05, 0.1) is 36.9 Å². The molecule has 3 aromatic carbocycles. The molecule has 6 heterocycles. The van der Waals surface area contributed by atoms with Crippen LogP contribution in [-0.2, 0) is 139 Å². The fourth-order valence-corrected chi connectivity index (χ4v) is 18.5. The van der Waals surface area contributed by atoms with E-state index in [0.29, 0.717) is 57.4 Å². The number of hydrogen-bond acceptors (Lipinski definition) is 15. The van der Waals surface area contributed by atoms with Gasteiger partial charge in [0.25, 0.3) is 30.1 Å². The maximum absolute atomic E-state index is 13.2. The lowest BCUT2D eigenvalue weighted by Gasteiger charge is -2.17. The lowest BCUT2D eigenvalue weighted by atomic mass is 9.99. The van der Waals surface area contributed by atoms with E-state index in [4.69, 9.17) is 14.2 Å². The van der Waals surface area contributed by atoms with Crippen LogP contribution >= 0.6 is 0 Å². The maximum Gasteiger partial charge on any atom is 0.333 e. The van der Waals surface area contributed by atoms with Crippen LogP contribution in [0.2, 0.25) is 0 Å². The van der Waals surface area contributed by atoms with Crippen LogP contribution in [0.3, 0.4) is 0 Å². The summed E-state index contributed by atoms with van der Waals surface area (Å²) in [7, 11) is -12.5. The SMILES string of the molecule is CC(C)n1nc(S(=O)(=O)NC(=O)Nc2c3c(cc4c2CCC4)CCC3)c2c1CCCO2.CCn1nc(S(=O)(=O)NC(=O)Nc2c3c(cc4c2CCC4)CCC3)c2c1CCCO2.O=C(Nc1c2c(cc3c1CCC3)CCC2)NS(=O)(=O)c1nn(CC2CC2)c2c1OCCC2. The predicted octanol–water partition coefficient (Wildman–Crippen LogP) is 9.10. The lowest BCUT2D eigenvalue weighted by Crippen LogP contribution is -2.35. The molecule has 496 valence electrons. The first-order valence-corrected chi connectivity index (χ1v) is 38.0. The molecule has 24 nitrogen and oxygen atoms in total. The molecule has 1 fully saturated rings. The summed E-state index contributed by atoms with van der Waals surface area (Å²) in [5.41, 5.74) is 19.4. The number of nitrogens with zero attached hydrogens (tertiary/aromatic N) is 6. The van der Waals surface area contributed by atoms with E-state index in [2.05, 4.69) is 63.6 Å². The molecule has 0 atom stereocenters. The van der Waals surface area contributed by atoms with Crippen LogP contribution in [-0.4, -0.2) is 92.5 Å². The predicted molar refractivity (Wildman–Crippen MR) is 346 cm³/mol. The van der Waals surface area contributed by atoms with Crippen molar-refractivity contribution in [3.63, 3.8) is 0 Å². The maximum atomic E-state index is 13.2. The minimum Gasteiger partial charge on any atom is -0.489 e. The summed E-state index contributed by atoms with van der Waals surface area (Å²) in [6, 6.07) is 4.57. The van der Waals surface area contributed by atoms with Crippen LogP contribution in [0.5, 0.6) is 17.2 Å². The van der Waals surface area contributed by atoms with E-state index in [9.17, 15) is 39.6 Å². The summed E-state index contributed by atoms with van der Waals surface area (Å²) < 4.78 is 107. The summed E-state index contributed by atoms with van der Waals surface area (Å²) >= 11 is 0. The Morgan fingerprint density at radius 3 is 1.09 bits per heavy atom. The average Bonchev–Trinajstić information content (AvgIpc) is 1.64. The van der Waals surface area contributed by atoms with Crippen molar-refractivity contribution >= 4 is 65.2 Å². The monoisotopic (exact) mass is 1330 g/mol. The fourth-order valence-electron chi connectivity index (χ4n) is 15.5. The molecule has 0 bridgehead atoms. The van der Waals surface area contributed by atoms with Gasteiger partial charge in [0, 0.05) is 36.2 Å². The van der Waals surface area contributed by atoms with E-state index < -0.39 is 48.2 Å². The summed E-state index contributed by atoms with van der Waals surface area (Å²) in [6.07, 6.45) is 24.8. The third-order valence-corrected chi connectivity index (χ3v) is 23.5. The Hall–Kier alpha value is -7.65. The standard InChI is InChI=1S/C23H28N4O4S.C22H28N4O4S.C21H26N4O4S/c28-23(24-20-17-6-1-4-15(17)12-16-5-2-7-18(16)20)26-32(29,30)22-21-19(8-3-11-31-21)27(25-22)13-14-9-10-14;1-13(2)26-18-10-5-11-30-20(18)21(24-26)31(28,29)25-22(27)23-19-16-8-3-6-14(16)12-15-7-4-9-17(15)19;1-2-25-17-10-5-11-29-19(17)20(23-25)30(27,28)24-21(26)22-18-15-8-3-6-13(15)12-14-7-4-9-16(14)18/h12,14H,1-11,13H2,(H2,24,26,28);12-13H,3-11H2,1-2H3,(H2,23,25,27);12H,2-11H2,1H3,(H2,22,24,26). The van der Waals surface area contributed by atoms with E-state index in [1.807, 2.05) is 20.8 Å². The topological polar surface area (TPSA) is 307 Å². The molecule has 0 unspecified atom stereocenters. The van der Waals surface area contributed by atoms with Gasteiger partial charge in [-0.05, 0) is 260 Å². The Morgan fingerprint density at radius 1 is 0.441 bits per heavy atom. The highest BCUT2D eigenvalue weighted by Gasteiger charge is 2.38. The Labute approximate surface area is 542 Å². The molecule has 93 heavy (non-hydrogen) atoms. The molecule has 6 amide bonds. The Balaban J connectivity index is 0.000000121. The number of rotatable bonds is 13. The zero-order valence-corrected chi connectivity index (χ0v) is 55.6. The van der Waals surface area contributed by atoms with Gasteiger partial charge >= 0.3 is 18.1 Å². The normalized spacial score (nSPS) is 17.8. The molecule has 10 aliphatic rings. The second-order valence-corrected chi connectivity index (χ2v) is 31.3. The first kappa shape index (κ1) is 62.8. The van der Waals surface area contributed by atoms with E-state index in [-0.39, 0.29) is 32.6 Å². The molecular formula is C66H82N12O12S3. The van der Waals surface area contributed by atoms with Gasteiger partial charge in [0.15, 0.2) is 17.2 Å². The number of amides is 6. The fraction of sp³-hybridized carbons (Fsp3) is 0.545. The quantitative estimate of drug-likeness (QED) is 0.0628. The van der Waals surface area contributed by atoms with Crippen molar-refractivity contribution in [3.05, 3.63) is 102 Å². The van der Waals surface area contributed by atoms with Gasteiger partial charge in [-0.3, -0.25) is 14.0 Å². The number of ether oxygens (including phenoxy) is 3. The van der Waals surface area contributed by atoms with Crippen LogP contribution in [0.25, 0.3) is 0 Å². The summed E-state index contributed by atoms with van der Waals surface area (Å²) in [4.78, 5) is 38.5. The first-order valence-electron chi connectivity index (χ1n) is 33.5. The van der Waals surface area contributed by atoms with Crippen molar-refractivity contribution in [1.29, 1.82) is 0 Å². The number of anilines is 3. The highest BCUT2D eigenvalue weighted by molar-refractivity contribution is 7.90. The third-order valence-electron chi connectivity index (χ3n) is 19.8. The highest BCUT2D eigenvalue weighted by atomic mass is 32.2. The summed E-state index contributed by atoms with van der Waals surface area (Å²) in [5.74, 6) is 1.39. The van der Waals surface area contributed by atoms with Gasteiger partial charge in [-0.25, -0.2) is 28.5 Å². The van der Waals surface area contributed by atoms with E-state index >= 15 is 0 Å². The van der Waals surface area contributed by atoms with Gasteiger partial charge < -0.3 is 30.2 Å². The number of fused-ring (bicyclic) bond motifs is 9. The number of carbonyl (C=O) groups excluding carboxylic acids is 3. The van der Waals surface area contributed by atoms with Crippen LogP contribution in [0.15, 0.2) is 33.3 Å². The van der Waals surface area contributed by atoms with Gasteiger partial charge in [0.2, 0.25) is 15.1 Å². The number of urea groups is 3. The molecular weight excluding hydrogens is 1250 g/mol. The van der Waals surface area contributed by atoms with Crippen molar-refractivity contribution in [3.8, 4) is 17.2 Å². The van der Waals surface area contributed by atoms with Crippen molar-refractivity contribution in [2.45, 2.75) is 222 Å². The molecule has 1 saturated carbocycles. The molecule has 0 radical (unpaired) electrons. The molecule has 27 heteroatoms. The van der Waals surface area contributed by atoms with Gasteiger partial charge in [-0.15, -0.1) is 0 Å². The van der Waals surface area contributed by atoms with Crippen LogP contribution in [0, 0.1) is 5.92 Å². The van der Waals surface area contributed by atoms with E-state index in [1.54, 1.807) is 14.0 Å². The minimum absolute atomic E-state index is 0.0114. The largest absolute Gasteiger partial charge is 0.489 e. The molecule has 6 N–H and O–H groups in total. The van der Waals surface area contributed by atoms with E-state index in [0.717, 1.165) is 222 Å². The number of hydrogen-bond donors (Lipinski definition) is 6. The molecule has 0 spiro atoms. The molecule has 7 aliphatic carbocycles. The first-order chi connectivity index (χ1) is 44.8. The Bertz CT molecular complexity index is 4300. The second-order valence-electron chi connectivity index (χ2n) is 26.5. The van der Waals surface area contributed by atoms with Gasteiger partial charge in [-0.2, -0.15) is 40.5 Å². The minimum atomic E-state index is -4.18. The number of aromatic nitrogens is 6.